The third-order valence-corrected chi connectivity index (χ3v) is 5.74. The Morgan fingerprint density at radius 1 is 1.00 bits per heavy atom. The van der Waals surface area contributed by atoms with E-state index in [1.54, 1.807) is 10.8 Å². The van der Waals surface area contributed by atoms with Gasteiger partial charge in [-0.1, -0.05) is 24.3 Å². The number of anilines is 1. The van der Waals surface area contributed by atoms with Crippen LogP contribution in [0.5, 0.6) is 0 Å². The largest absolute Gasteiger partial charge is 0.378 e. The Hall–Kier alpha value is -3.75. The number of aromatic amines is 1. The Bertz CT molecular complexity index is 1420. The minimum Gasteiger partial charge on any atom is -0.378 e. The first kappa shape index (κ1) is 24.4. The number of pyridine rings is 2. The molecule has 5 rings (SSSR count). The molecule has 8 nitrogen and oxygen atoms in total. The second-order valence-corrected chi connectivity index (χ2v) is 8.62. The van der Waals surface area contributed by atoms with Gasteiger partial charge in [0.05, 0.1) is 23.6 Å². The van der Waals surface area contributed by atoms with Crippen molar-refractivity contribution in [3.8, 4) is 22.6 Å². The predicted octanol–water partition coefficient (Wildman–Crippen LogP) is 4.63. The third kappa shape index (κ3) is 5.50. The van der Waals surface area contributed by atoms with Gasteiger partial charge in [0.1, 0.15) is 12.2 Å². The van der Waals surface area contributed by atoms with E-state index < -0.39 is 0 Å². The van der Waals surface area contributed by atoms with Gasteiger partial charge < -0.3 is 15.2 Å². The summed E-state index contributed by atoms with van der Waals surface area (Å²) in [4.78, 5) is 19.7. The molecular formula is C26H29ClN8. The van der Waals surface area contributed by atoms with Gasteiger partial charge in [-0.05, 0) is 63.3 Å². The second kappa shape index (κ2) is 10.7. The van der Waals surface area contributed by atoms with Crippen LogP contribution in [0.4, 0.5) is 5.69 Å². The molecule has 4 heterocycles. The summed E-state index contributed by atoms with van der Waals surface area (Å²) < 4.78 is 1.76. The molecule has 35 heavy (non-hydrogen) atoms. The van der Waals surface area contributed by atoms with E-state index >= 15 is 0 Å². The lowest BCUT2D eigenvalue weighted by Gasteiger charge is -2.14. The molecule has 1 aromatic carbocycles. The molecular weight excluding hydrogens is 460 g/mol. The molecule has 0 spiro atoms. The maximum atomic E-state index is 4.97. The number of likely N-dealkylation sites (N-methyl/N-ethyl adjacent to an activating group) is 1. The van der Waals surface area contributed by atoms with Gasteiger partial charge in [0.25, 0.3) is 0 Å². The van der Waals surface area contributed by atoms with Crippen molar-refractivity contribution in [2.24, 2.45) is 0 Å². The molecule has 4 aromatic heterocycles. The van der Waals surface area contributed by atoms with Gasteiger partial charge in [-0.3, -0.25) is 4.98 Å². The molecule has 0 aliphatic heterocycles. The summed E-state index contributed by atoms with van der Waals surface area (Å²) in [6.07, 6.45) is 4.48. The van der Waals surface area contributed by atoms with Gasteiger partial charge >= 0.3 is 0 Å². The van der Waals surface area contributed by atoms with Crippen LogP contribution in [0, 0.1) is 6.92 Å². The minimum atomic E-state index is 0. The van der Waals surface area contributed by atoms with Crippen LogP contribution in [0.3, 0.4) is 0 Å². The summed E-state index contributed by atoms with van der Waals surface area (Å²) in [6, 6.07) is 18.4. The molecule has 0 radical (unpaired) electrons. The van der Waals surface area contributed by atoms with Crippen LogP contribution in [-0.2, 0) is 13.0 Å². The molecule has 5 aromatic rings. The molecule has 0 bridgehead atoms. The average Bonchev–Trinajstić information content (AvgIpc) is 3.48. The molecule has 0 amide bonds. The van der Waals surface area contributed by atoms with Crippen LogP contribution in [0.1, 0.15) is 17.1 Å². The fourth-order valence-electron chi connectivity index (χ4n) is 3.97. The Morgan fingerprint density at radius 3 is 2.69 bits per heavy atom. The predicted molar refractivity (Wildman–Crippen MR) is 142 cm³/mol. The summed E-state index contributed by atoms with van der Waals surface area (Å²) >= 11 is 0. The van der Waals surface area contributed by atoms with E-state index in [-0.39, 0.29) is 12.4 Å². The van der Waals surface area contributed by atoms with Crippen molar-refractivity contribution in [3.63, 3.8) is 0 Å². The van der Waals surface area contributed by atoms with Crippen molar-refractivity contribution < 1.29 is 0 Å². The number of fused-ring (bicyclic) bond motifs is 1. The highest BCUT2D eigenvalue weighted by molar-refractivity contribution is 5.85. The second-order valence-electron chi connectivity index (χ2n) is 8.62. The highest BCUT2D eigenvalue weighted by atomic mass is 35.5. The number of aromatic nitrogens is 6. The van der Waals surface area contributed by atoms with Gasteiger partial charge in [-0.25, -0.2) is 14.5 Å². The standard InChI is InChI=1S/C26H28N8.ClH/c1-18-7-6-10-22(30-18)26-25(20-11-12-24-28-17-29-34(24)16-20)31-23(32-26)15-27-21-9-5-4-8-19(21)13-14-33(2)3;/h4-12,16-17,27H,13-15H2,1-3H3,(H,31,32);1H. The SMILES string of the molecule is Cc1cccc(-c2[nH]c(CNc3ccccc3CCN(C)C)nc2-c2ccc3ncnn3c2)n1.Cl. The monoisotopic (exact) mass is 488 g/mol. The highest BCUT2D eigenvalue weighted by Gasteiger charge is 2.16. The number of aryl methyl sites for hydroxylation is 1. The molecule has 2 N–H and O–H groups in total. The molecule has 0 unspecified atom stereocenters. The summed E-state index contributed by atoms with van der Waals surface area (Å²) in [5.74, 6) is 0.842. The van der Waals surface area contributed by atoms with Crippen molar-refractivity contribution in [2.45, 2.75) is 19.9 Å². The first-order valence-corrected chi connectivity index (χ1v) is 11.4. The van der Waals surface area contributed by atoms with Gasteiger partial charge in [-0.15, -0.1) is 12.4 Å². The van der Waals surface area contributed by atoms with Crippen LogP contribution in [0.25, 0.3) is 28.3 Å². The van der Waals surface area contributed by atoms with E-state index in [0.717, 1.165) is 58.5 Å². The summed E-state index contributed by atoms with van der Waals surface area (Å²) in [6.45, 7) is 3.56. The van der Waals surface area contributed by atoms with Crippen LogP contribution < -0.4 is 5.32 Å². The van der Waals surface area contributed by atoms with E-state index in [2.05, 4.69) is 63.6 Å². The molecule has 0 fully saturated rings. The average molecular weight is 489 g/mol. The number of hydrogen-bond donors (Lipinski definition) is 2. The van der Waals surface area contributed by atoms with Crippen LogP contribution in [-0.4, -0.2) is 55.1 Å². The number of H-pyrrole nitrogens is 1. The number of halogens is 1. The van der Waals surface area contributed by atoms with Crippen LogP contribution >= 0.6 is 12.4 Å². The quantitative estimate of drug-likeness (QED) is 0.331. The molecule has 9 heteroatoms. The van der Waals surface area contributed by atoms with Crippen molar-refractivity contribution in [3.05, 3.63) is 84.2 Å². The first-order valence-electron chi connectivity index (χ1n) is 11.4. The number of hydrogen-bond acceptors (Lipinski definition) is 6. The molecule has 0 atom stereocenters. The molecule has 180 valence electrons. The van der Waals surface area contributed by atoms with E-state index in [0.29, 0.717) is 6.54 Å². The first-order chi connectivity index (χ1) is 16.6. The van der Waals surface area contributed by atoms with Gasteiger partial charge in [0, 0.05) is 29.7 Å². The number of nitrogens with one attached hydrogen (secondary N) is 2. The van der Waals surface area contributed by atoms with Gasteiger partial charge in [0.15, 0.2) is 5.65 Å². The highest BCUT2D eigenvalue weighted by Crippen LogP contribution is 2.30. The smallest absolute Gasteiger partial charge is 0.155 e. The van der Waals surface area contributed by atoms with Crippen LogP contribution in [0.15, 0.2) is 67.1 Å². The Morgan fingerprint density at radius 2 is 1.86 bits per heavy atom. The lowest BCUT2D eigenvalue weighted by molar-refractivity contribution is 0.414. The van der Waals surface area contributed by atoms with E-state index in [1.165, 1.54) is 5.56 Å². The topological polar surface area (TPSA) is 87.0 Å². The number of nitrogens with zero attached hydrogens (tertiary/aromatic N) is 6. The van der Waals surface area contributed by atoms with Gasteiger partial charge in [0.2, 0.25) is 0 Å². The fraction of sp³-hybridized carbons (Fsp3) is 0.231. The molecule has 0 aliphatic carbocycles. The molecule has 0 saturated heterocycles. The number of rotatable bonds is 8. The summed E-state index contributed by atoms with van der Waals surface area (Å²) in [5, 5.41) is 7.85. The van der Waals surface area contributed by atoms with Crippen molar-refractivity contribution in [2.75, 3.05) is 26.0 Å². The number of benzene rings is 1. The lowest BCUT2D eigenvalue weighted by atomic mass is 10.1. The maximum absolute atomic E-state index is 4.97. The van der Waals surface area contributed by atoms with Crippen LogP contribution in [0.2, 0.25) is 0 Å². The van der Waals surface area contributed by atoms with Gasteiger partial charge in [-0.2, -0.15) is 5.10 Å². The lowest BCUT2D eigenvalue weighted by Crippen LogP contribution is -2.16. The Labute approximate surface area is 210 Å². The molecule has 0 aliphatic rings. The third-order valence-electron chi connectivity index (χ3n) is 5.74. The normalized spacial score (nSPS) is 11.1. The summed E-state index contributed by atoms with van der Waals surface area (Å²) in [5.41, 5.74) is 7.71. The van der Waals surface area contributed by atoms with Crippen molar-refractivity contribution >= 4 is 23.7 Å². The van der Waals surface area contributed by atoms with E-state index in [4.69, 9.17) is 9.97 Å². The minimum absolute atomic E-state index is 0. The Kier molecular flexibility index (Phi) is 7.43. The molecule has 0 saturated carbocycles. The number of para-hydroxylation sites is 1. The van der Waals surface area contributed by atoms with E-state index in [9.17, 15) is 0 Å². The summed E-state index contributed by atoms with van der Waals surface area (Å²) in [7, 11) is 4.19. The zero-order valence-electron chi connectivity index (χ0n) is 20.1. The zero-order valence-corrected chi connectivity index (χ0v) is 20.9. The zero-order chi connectivity index (χ0) is 23.5. The number of imidazole rings is 1. The van der Waals surface area contributed by atoms with E-state index in [1.807, 2.05) is 43.5 Å². The fourth-order valence-corrected chi connectivity index (χ4v) is 3.97. The maximum Gasteiger partial charge on any atom is 0.155 e. The Balaban J connectivity index is 0.00000289. The van der Waals surface area contributed by atoms with Crippen molar-refractivity contribution in [1.82, 2.24) is 34.4 Å². The van der Waals surface area contributed by atoms with Crippen molar-refractivity contribution in [1.29, 1.82) is 0 Å².